The Morgan fingerprint density at radius 1 is 1.19 bits per heavy atom. The minimum absolute atomic E-state index is 0.102. The quantitative estimate of drug-likeness (QED) is 0.321. The van der Waals surface area contributed by atoms with Crippen molar-refractivity contribution >= 4 is 11.9 Å². The number of nitrogens with zero attached hydrogens (tertiary/aromatic N) is 2. The molecule has 0 rings (SSSR count). The van der Waals surface area contributed by atoms with Crippen LogP contribution >= 0.6 is 0 Å². The lowest BCUT2D eigenvalue weighted by Crippen LogP contribution is -2.39. The molecule has 0 atom stereocenters. The van der Waals surface area contributed by atoms with Crippen LogP contribution in [-0.2, 0) is 14.3 Å². The first-order valence-corrected chi connectivity index (χ1v) is 7.40. The molecule has 0 unspecified atom stereocenters. The van der Waals surface area contributed by atoms with Gasteiger partial charge in [-0.25, -0.2) is 0 Å². The zero-order valence-corrected chi connectivity index (χ0v) is 13.8. The molecule has 7 nitrogen and oxygen atoms in total. The maximum Gasteiger partial charge on any atom is 0.223 e. The molecule has 0 bridgehead atoms. The van der Waals surface area contributed by atoms with E-state index in [1.165, 1.54) is 0 Å². The number of hydrogen-bond acceptors (Lipinski definition) is 4. The summed E-state index contributed by atoms with van der Waals surface area (Å²) >= 11 is 0. The van der Waals surface area contributed by atoms with Gasteiger partial charge in [0.1, 0.15) is 0 Å². The van der Waals surface area contributed by atoms with Crippen LogP contribution in [0, 0.1) is 0 Å². The summed E-state index contributed by atoms with van der Waals surface area (Å²) in [5.41, 5.74) is 0. The lowest BCUT2D eigenvalue weighted by Gasteiger charge is -2.13. The van der Waals surface area contributed by atoms with E-state index in [1.54, 1.807) is 26.1 Å². The fraction of sp³-hybridized carbons (Fsp3) is 0.857. The Balaban J connectivity index is 3.83. The molecule has 0 aromatic heterocycles. The van der Waals surface area contributed by atoms with Crippen LogP contribution in [0.3, 0.4) is 0 Å². The van der Waals surface area contributed by atoms with Gasteiger partial charge in [-0.1, -0.05) is 0 Å². The number of hydrogen-bond donors (Lipinski definition) is 2. The number of ether oxygens (including phenoxy) is 2. The highest BCUT2D eigenvalue weighted by Crippen LogP contribution is 1.87. The molecule has 0 fully saturated rings. The molecule has 124 valence electrons. The van der Waals surface area contributed by atoms with Crippen LogP contribution in [0.25, 0.3) is 0 Å². The summed E-state index contributed by atoms with van der Waals surface area (Å²) in [6.45, 7) is 5.97. The SMILES string of the molecule is CCNC(=NCCCOCCOC)NCCC(=O)N(C)C. The second-order valence-corrected chi connectivity index (χ2v) is 4.68. The second-order valence-electron chi connectivity index (χ2n) is 4.68. The number of guanidine groups is 1. The van der Waals surface area contributed by atoms with E-state index in [-0.39, 0.29) is 5.91 Å². The summed E-state index contributed by atoms with van der Waals surface area (Å²) in [4.78, 5) is 17.5. The molecule has 0 aromatic rings. The number of rotatable bonds is 11. The van der Waals surface area contributed by atoms with Crippen LogP contribution in [0.5, 0.6) is 0 Å². The van der Waals surface area contributed by atoms with Gasteiger partial charge < -0.3 is 25.0 Å². The van der Waals surface area contributed by atoms with Crippen LogP contribution < -0.4 is 10.6 Å². The summed E-state index contributed by atoms with van der Waals surface area (Å²) in [6.07, 6.45) is 1.31. The van der Waals surface area contributed by atoms with Gasteiger partial charge in [0.2, 0.25) is 5.91 Å². The Bertz CT molecular complexity index is 296. The molecule has 0 saturated carbocycles. The van der Waals surface area contributed by atoms with Crippen molar-refractivity contribution in [3.05, 3.63) is 0 Å². The molecule has 0 saturated heterocycles. The third-order valence-electron chi connectivity index (χ3n) is 2.62. The van der Waals surface area contributed by atoms with Crippen LogP contribution in [0.2, 0.25) is 0 Å². The fourth-order valence-electron chi connectivity index (χ4n) is 1.45. The average Bonchev–Trinajstić information content (AvgIpc) is 2.45. The van der Waals surface area contributed by atoms with Crippen molar-refractivity contribution in [3.8, 4) is 0 Å². The van der Waals surface area contributed by atoms with Crippen molar-refractivity contribution in [1.29, 1.82) is 0 Å². The predicted molar refractivity (Wildman–Crippen MR) is 84.6 cm³/mol. The van der Waals surface area contributed by atoms with Crippen molar-refractivity contribution in [2.24, 2.45) is 4.99 Å². The van der Waals surface area contributed by atoms with Crippen molar-refractivity contribution in [2.45, 2.75) is 19.8 Å². The van der Waals surface area contributed by atoms with Gasteiger partial charge in [-0.3, -0.25) is 9.79 Å². The van der Waals surface area contributed by atoms with E-state index >= 15 is 0 Å². The van der Waals surface area contributed by atoms with Gasteiger partial charge in [-0.2, -0.15) is 0 Å². The van der Waals surface area contributed by atoms with Gasteiger partial charge in [0, 0.05) is 53.9 Å². The number of amides is 1. The standard InChI is InChI=1S/C14H30N4O3/c1-5-15-14(17-9-7-13(19)18(2)3)16-8-6-10-21-12-11-20-4/h5-12H2,1-4H3,(H2,15,16,17). The number of aliphatic imine (C=N–C) groups is 1. The molecule has 0 heterocycles. The highest BCUT2D eigenvalue weighted by molar-refractivity contribution is 5.81. The Morgan fingerprint density at radius 3 is 2.57 bits per heavy atom. The smallest absolute Gasteiger partial charge is 0.223 e. The first-order valence-electron chi connectivity index (χ1n) is 7.40. The Labute approximate surface area is 128 Å². The minimum Gasteiger partial charge on any atom is -0.382 e. The monoisotopic (exact) mass is 302 g/mol. The third kappa shape index (κ3) is 12.1. The third-order valence-corrected chi connectivity index (χ3v) is 2.62. The van der Waals surface area contributed by atoms with E-state index in [4.69, 9.17) is 9.47 Å². The van der Waals surface area contributed by atoms with Crippen LogP contribution in [0.15, 0.2) is 4.99 Å². The largest absolute Gasteiger partial charge is 0.382 e. The topological polar surface area (TPSA) is 75.2 Å². The normalized spacial score (nSPS) is 11.3. The molecular weight excluding hydrogens is 272 g/mol. The van der Waals surface area contributed by atoms with Gasteiger partial charge >= 0.3 is 0 Å². The van der Waals surface area contributed by atoms with Crippen molar-refractivity contribution in [2.75, 3.05) is 60.7 Å². The van der Waals surface area contributed by atoms with E-state index in [0.29, 0.717) is 39.3 Å². The average molecular weight is 302 g/mol. The fourth-order valence-corrected chi connectivity index (χ4v) is 1.45. The Morgan fingerprint density at radius 2 is 1.95 bits per heavy atom. The number of carbonyl (C=O) groups excluding carboxylic acids is 1. The number of methoxy groups -OCH3 is 1. The summed E-state index contributed by atoms with van der Waals surface area (Å²) < 4.78 is 10.3. The zero-order valence-electron chi connectivity index (χ0n) is 13.8. The minimum atomic E-state index is 0.102. The van der Waals surface area contributed by atoms with Crippen LogP contribution in [-0.4, -0.2) is 77.4 Å². The van der Waals surface area contributed by atoms with Crippen molar-refractivity contribution < 1.29 is 14.3 Å². The first-order chi connectivity index (χ1) is 10.1. The van der Waals surface area contributed by atoms with E-state index < -0.39 is 0 Å². The van der Waals surface area contributed by atoms with Crippen molar-refractivity contribution in [3.63, 3.8) is 0 Å². The van der Waals surface area contributed by atoms with Gasteiger partial charge in [0.05, 0.1) is 13.2 Å². The summed E-state index contributed by atoms with van der Waals surface area (Å²) in [5.74, 6) is 0.839. The molecule has 0 aliphatic carbocycles. The van der Waals surface area contributed by atoms with Crippen LogP contribution in [0.1, 0.15) is 19.8 Å². The number of nitrogens with one attached hydrogen (secondary N) is 2. The van der Waals surface area contributed by atoms with Gasteiger partial charge in [0.25, 0.3) is 0 Å². The van der Waals surface area contributed by atoms with E-state index in [0.717, 1.165) is 18.9 Å². The predicted octanol–water partition coefficient (Wildman–Crippen LogP) is 0.0729. The van der Waals surface area contributed by atoms with E-state index in [1.807, 2.05) is 6.92 Å². The highest BCUT2D eigenvalue weighted by Gasteiger charge is 2.04. The molecule has 0 spiro atoms. The van der Waals surface area contributed by atoms with Crippen LogP contribution in [0.4, 0.5) is 0 Å². The molecule has 0 aliphatic rings. The molecule has 7 heteroatoms. The molecule has 0 radical (unpaired) electrons. The lowest BCUT2D eigenvalue weighted by molar-refractivity contribution is -0.128. The maximum absolute atomic E-state index is 11.5. The molecular formula is C14H30N4O3. The lowest BCUT2D eigenvalue weighted by atomic mass is 10.4. The van der Waals surface area contributed by atoms with Gasteiger partial charge in [-0.05, 0) is 13.3 Å². The maximum atomic E-state index is 11.5. The summed E-state index contributed by atoms with van der Waals surface area (Å²) in [6, 6.07) is 0. The zero-order chi connectivity index (χ0) is 15.9. The summed E-state index contributed by atoms with van der Waals surface area (Å²) in [7, 11) is 5.17. The molecule has 1 amide bonds. The first kappa shape index (κ1) is 19.7. The highest BCUT2D eigenvalue weighted by atomic mass is 16.5. The number of carbonyl (C=O) groups is 1. The molecule has 0 aliphatic heterocycles. The van der Waals surface area contributed by atoms with Gasteiger partial charge in [0.15, 0.2) is 5.96 Å². The van der Waals surface area contributed by atoms with Gasteiger partial charge in [-0.15, -0.1) is 0 Å². The molecule has 0 aromatic carbocycles. The summed E-state index contributed by atoms with van der Waals surface area (Å²) in [5, 5.41) is 6.30. The Kier molecular flexibility index (Phi) is 12.8. The van der Waals surface area contributed by atoms with Crippen molar-refractivity contribution in [1.82, 2.24) is 15.5 Å². The second kappa shape index (κ2) is 13.6. The molecule has 2 N–H and O–H groups in total. The van der Waals surface area contributed by atoms with E-state index in [2.05, 4.69) is 15.6 Å². The Hall–Kier alpha value is -1.34. The molecule has 21 heavy (non-hydrogen) atoms. The van der Waals surface area contributed by atoms with E-state index in [9.17, 15) is 4.79 Å².